The highest BCUT2D eigenvalue weighted by atomic mass is 16.5. The van der Waals surface area contributed by atoms with Crippen LogP contribution in [-0.4, -0.2) is 49.0 Å². The number of nitrogens with one attached hydrogen (secondary N) is 1. The summed E-state index contributed by atoms with van der Waals surface area (Å²) in [6.07, 6.45) is 3.35. The first-order chi connectivity index (χ1) is 12.2. The predicted octanol–water partition coefficient (Wildman–Crippen LogP) is 2.77. The Balaban J connectivity index is 1.56. The van der Waals surface area contributed by atoms with Gasteiger partial charge in [0, 0.05) is 32.3 Å². The van der Waals surface area contributed by atoms with Crippen LogP contribution in [0.15, 0.2) is 60.7 Å². The first kappa shape index (κ1) is 17.2. The number of carbonyl (C=O) groups excluding carboxylic acids is 1. The largest absolute Gasteiger partial charge is 0.457 e. The fourth-order valence-corrected chi connectivity index (χ4v) is 2.59. The van der Waals surface area contributed by atoms with E-state index in [-0.39, 0.29) is 5.91 Å². The molecule has 0 radical (unpaired) electrons. The second-order valence-electron chi connectivity index (χ2n) is 6.09. The van der Waals surface area contributed by atoms with E-state index in [4.69, 9.17) is 4.74 Å². The molecule has 1 amide bonds. The van der Waals surface area contributed by atoms with Crippen LogP contribution in [0.25, 0.3) is 6.08 Å². The zero-order valence-corrected chi connectivity index (χ0v) is 14.4. The molecule has 130 valence electrons. The summed E-state index contributed by atoms with van der Waals surface area (Å²) >= 11 is 0. The fraction of sp³-hybridized carbons (Fsp3) is 0.250. The Labute approximate surface area is 148 Å². The Kier molecular flexibility index (Phi) is 5.82. The summed E-state index contributed by atoms with van der Waals surface area (Å²) in [6.45, 7) is 3.61. The molecule has 2 aromatic carbocycles. The molecule has 1 saturated heterocycles. The van der Waals surface area contributed by atoms with Crippen molar-refractivity contribution < 1.29 is 9.53 Å². The van der Waals surface area contributed by atoms with E-state index in [2.05, 4.69) is 17.4 Å². The third-order valence-electron chi connectivity index (χ3n) is 4.04. The van der Waals surface area contributed by atoms with E-state index < -0.39 is 0 Å². The van der Waals surface area contributed by atoms with Gasteiger partial charge in [-0.2, -0.15) is 0 Å². The highest BCUT2D eigenvalue weighted by Gasteiger charge is 2.14. The molecule has 5 heteroatoms. The average molecular weight is 337 g/mol. The van der Waals surface area contributed by atoms with Crippen LogP contribution < -0.4 is 10.2 Å². The number of ether oxygens (including phenoxy) is 1. The molecular weight excluding hydrogens is 314 g/mol. The van der Waals surface area contributed by atoms with Gasteiger partial charge in [0.1, 0.15) is 11.5 Å². The van der Waals surface area contributed by atoms with Crippen LogP contribution in [0, 0.1) is 0 Å². The summed E-state index contributed by atoms with van der Waals surface area (Å²) < 4.78 is 5.81. The summed E-state index contributed by atoms with van der Waals surface area (Å²) in [4.78, 5) is 14.3. The number of amides is 1. The maximum Gasteiger partial charge on any atom is 0.258 e. The summed E-state index contributed by atoms with van der Waals surface area (Å²) in [5.74, 6) is 1.42. The van der Waals surface area contributed by atoms with Gasteiger partial charge in [0.25, 0.3) is 5.91 Å². The van der Waals surface area contributed by atoms with Gasteiger partial charge >= 0.3 is 0 Å². The molecule has 1 heterocycles. The zero-order valence-electron chi connectivity index (χ0n) is 14.4. The minimum absolute atomic E-state index is 0.112. The van der Waals surface area contributed by atoms with Gasteiger partial charge in [-0.3, -0.25) is 10.2 Å². The van der Waals surface area contributed by atoms with Gasteiger partial charge in [0.15, 0.2) is 0 Å². The number of nitrogens with zero attached hydrogens (tertiary/aromatic N) is 2. The van der Waals surface area contributed by atoms with Crippen molar-refractivity contribution in [1.82, 2.24) is 15.3 Å². The average Bonchev–Trinajstić information content (AvgIpc) is 2.63. The Morgan fingerprint density at radius 3 is 2.48 bits per heavy atom. The number of hydrazine groups is 1. The van der Waals surface area contributed by atoms with Crippen LogP contribution in [0.2, 0.25) is 0 Å². The van der Waals surface area contributed by atoms with Crippen molar-refractivity contribution >= 4 is 12.0 Å². The molecule has 1 aliphatic rings. The molecule has 0 atom stereocenters. The van der Waals surface area contributed by atoms with E-state index in [1.165, 1.54) is 0 Å². The third kappa shape index (κ3) is 5.45. The highest BCUT2D eigenvalue weighted by molar-refractivity contribution is 5.91. The van der Waals surface area contributed by atoms with E-state index in [0.717, 1.165) is 43.2 Å². The van der Waals surface area contributed by atoms with Gasteiger partial charge in [0.2, 0.25) is 0 Å². The first-order valence-electron chi connectivity index (χ1n) is 8.44. The lowest BCUT2D eigenvalue weighted by Gasteiger charge is -2.31. The van der Waals surface area contributed by atoms with Crippen molar-refractivity contribution in [3.8, 4) is 11.5 Å². The molecule has 1 aliphatic heterocycles. The first-order valence-corrected chi connectivity index (χ1v) is 8.44. The minimum Gasteiger partial charge on any atom is -0.457 e. The lowest BCUT2D eigenvalue weighted by molar-refractivity contribution is -0.121. The van der Waals surface area contributed by atoms with Crippen molar-refractivity contribution in [2.75, 3.05) is 33.2 Å². The van der Waals surface area contributed by atoms with E-state index in [0.29, 0.717) is 0 Å². The monoisotopic (exact) mass is 337 g/mol. The predicted molar refractivity (Wildman–Crippen MR) is 99.2 cm³/mol. The van der Waals surface area contributed by atoms with E-state index >= 15 is 0 Å². The fourth-order valence-electron chi connectivity index (χ4n) is 2.59. The Morgan fingerprint density at radius 1 is 1.00 bits per heavy atom. The molecule has 1 fully saturated rings. The maximum atomic E-state index is 12.1. The lowest BCUT2D eigenvalue weighted by Crippen LogP contribution is -2.52. The van der Waals surface area contributed by atoms with Gasteiger partial charge in [-0.1, -0.05) is 30.3 Å². The van der Waals surface area contributed by atoms with Crippen molar-refractivity contribution in [2.24, 2.45) is 0 Å². The van der Waals surface area contributed by atoms with Crippen LogP contribution in [0.5, 0.6) is 11.5 Å². The van der Waals surface area contributed by atoms with Gasteiger partial charge in [0.05, 0.1) is 0 Å². The standard InChI is InChI=1S/C20H23N3O2/c1-22-12-14-23(15-13-22)21-20(24)11-10-17-6-5-9-19(16-17)25-18-7-3-2-4-8-18/h2-11,16H,12-15H2,1H3,(H,21,24)/b11-10+. The number of carbonyl (C=O) groups is 1. The van der Waals surface area contributed by atoms with Crippen molar-refractivity contribution in [3.05, 3.63) is 66.2 Å². The Hall–Kier alpha value is -2.63. The van der Waals surface area contributed by atoms with Crippen LogP contribution in [-0.2, 0) is 4.79 Å². The second kappa shape index (κ2) is 8.46. The van der Waals surface area contributed by atoms with E-state index in [1.807, 2.05) is 59.6 Å². The SMILES string of the molecule is CN1CCN(NC(=O)/C=C/c2cccc(Oc3ccccc3)c2)CC1. The minimum atomic E-state index is -0.112. The summed E-state index contributed by atoms with van der Waals surface area (Å²) in [5, 5.41) is 1.96. The molecule has 2 aromatic rings. The van der Waals surface area contributed by atoms with Crippen molar-refractivity contribution in [1.29, 1.82) is 0 Å². The summed E-state index contributed by atoms with van der Waals surface area (Å²) in [5.41, 5.74) is 3.83. The van der Waals surface area contributed by atoms with Gasteiger partial charge in [-0.15, -0.1) is 0 Å². The van der Waals surface area contributed by atoms with E-state index in [1.54, 1.807) is 12.2 Å². The Morgan fingerprint density at radius 2 is 1.72 bits per heavy atom. The third-order valence-corrected chi connectivity index (χ3v) is 4.04. The normalized spacial score (nSPS) is 16.0. The summed E-state index contributed by atoms with van der Waals surface area (Å²) in [6, 6.07) is 17.3. The molecule has 0 spiro atoms. The molecule has 0 unspecified atom stereocenters. The highest BCUT2D eigenvalue weighted by Crippen LogP contribution is 2.22. The molecule has 25 heavy (non-hydrogen) atoms. The number of likely N-dealkylation sites (N-methyl/N-ethyl adjacent to an activating group) is 1. The number of para-hydroxylation sites is 1. The number of benzene rings is 2. The van der Waals surface area contributed by atoms with Gasteiger partial charge in [-0.05, 0) is 43.0 Å². The molecule has 0 aliphatic carbocycles. The molecule has 0 bridgehead atoms. The number of hydrogen-bond acceptors (Lipinski definition) is 4. The van der Waals surface area contributed by atoms with Crippen LogP contribution in [0.4, 0.5) is 0 Å². The molecular formula is C20H23N3O2. The number of rotatable bonds is 5. The van der Waals surface area contributed by atoms with Gasteiger partial charge < -0.3 is 9.64 Å². The maximum absolute atomic E-state index is 12.1. The van der Waals surface area contributed by atoms with Crippen LogP contribution >= 0.6 is 0 Å². The van der Waals surface area contributed by atoms with Crippen LogP contribution in [0.3, 0.4) is 0 Å². The molecule has 1 N–H and O–H groups in total. The van der Waals surface area contributed by atoms with Crippen molar-refractivity contribution in [2.45, 2.75) is 0 Å². The quantitative estimate of drug-likeness (QED) is 0.852. The second-order valence-corrected chi connectivity index (χ2v) is 6.09. The van der Waals surface area contributed by atoms with Crippen molar-refractivity contribution in [3.63, 3.8) is 0 Å². The number of hydrogen-bond donors (Lipinski definition) is 1. The topological polar surface area (TPSA) is 44.8 Å². The van der Waals surface area contributed by atoms with Gasteiger partial charge in [-0.25, -0.2) is 5.01 Å². The lowest BCUT2D eigenvalue weighted by atomic mass is 10.2. The summed E-state index contributed by atoms with van der Waals surface area (Å²) in [7, 11) is 2.09. The zero-order chi connectivity index (χ0) is 17.5. The molecule has 0 aromatic heterocycles. The smallest absolute Gasteiger partial charge is 0.258 e. The van der Waals surface area contributed by atoms with E-state index in [9.17, 15) is 4.79 Å². The molecule has 3 rings (SSSR count). The van der Waals surface area contributed by atoms with Crippen LogP contribution in [0.1, 0.15) is 5.56 Å². The number of piperazine rings is 1. The Bertz CT molecular complexity index is 723. The molecule has 0 saturated carbocycles. The molecule has 5 nitrogen and oxygen atoms in total.